The van der Waals surface area contributed by atoms with Crippen LogP contribution in [0.3, 0.4) is 0 Å². The van der Waals surface area contributed by atoms with Crippen molar-refractivity contribution in [2.75, 3.05) is 26.4 Å². The van der Waals surface area contributed by atoms with Crippen LogP contribution in [0.1, 0.15) is 37.2 Å². The molecule has 1 saturated carbocycles. The summed E-state index contributed by atoms with van der Waals surface area (Å²) in [4.78, 5) is 0. The number of rotatable bonds is 5. The van der Waals surface area contributed by atoms with Crippen molar-refractivity contribution in [1.82, 2.24) is 5.32 Å². The zero-order chi connectivity index (χ0) is 14.7. The molecule has 0 radical (unpaired) electrons. The van der Waals surface area contributed by atoms with Crippen LogP contribution in [0.5, 0.6) is 5.75 Å². The second-order valence-corrected chi connectivity index (χ2v) is 6.67. The minimum atomic E-state index is -0.0339. The van der Waals surface area contributed by atoms with Gasteiger partial charge in [-0.1, -0.05) is 12.1 Å². The molecule has 4 heteroatoms. The Morgan fingerprint density at radius 1 is 1.10 bits per heavy atom. The van der Waals surface area contributed by atoms with E-state index in [1.807, 2.05) is 12.1 Å². The molecule has 0 spiro atoms. The molecule has 1 aromatic rings. The summed E-state index contributed by atoms with van der Waals surface area (Å²) >= 11 is 0. The Morgan fingerprint density at radius 3 is 2.29 bits per heavy atom. The van der Waals surface area contributed by atoms with E-state index in [1.165, 1.54) is 31.2 Å². The number of phenols is 1. The van der Waals surface area contributed by atoms with E-state index in [0.29, 0.717) is 30.9 Å². The first-order valence-electron chi connectivity index (χ1n) is 7.92. The normalized spacial score (nSPS) is 28.0. The molecule has 1 aromatic carbocycles. The zero-order valence-corrected chi connectivity index (χ0v) is 12.4. The Bertz CT molecular complexity index is 442. The predicted octanol–water partition coefficient (Wildman–Crippen LogP) is 2.02. The maximum atomic E-state index is 9.44. The van der Waals surface area contributed by atoms with Gasteiger partial charge in [-0.15, -0.1) is 0 Å². The number of hydrogen-bond acceptors (Lipinski definition) is 4. The molecule has 0 bridgehead atoms. The Labute approximate surface area is 126 Å². The van der Waals surface area contributed by atoms with Crippen molar-refractivity contribution in [1.29, 1.82) is 0 Å². The molecule has 0 unspecified atom stereocenters. The van der Waals surface area contributed by atoms with Crippen molar-refractivity contribution in [3.05, 3.63) is 29.8 Å². The van der Waals surface area contributed by atoms with Gasteiger partial charge in [-0.25, -0.2) is 0 Å². The van der Waals surface area contributed by atoms with Gasteiger partial charge in [0.05, 0.1) is 25.2 Å². The summed E-state index contributed by atoms with van der Waals surface area (Å²) in [5.74, 6) is 0.952. The molecule has 3 rings (SSSR count). The van der Waals surface area contributed by atoms with Crippen molar-refractivity contribution in [2.24, 2.45) is 5.41 Å². The van der Waals surface area contributed by atoms with Gasteiger partial charge in [0.15, 0.2) is 0 Å². The molecule has 3 N–H and O–H groups in total. The highest BCUT2D eigenvalue weighted by Gasteiger charge is 2.38. The number of aromatic hydroxyl groups is 1. The molecule has 0 aromatic heterocycles. The quantitative estimate of drug-likeness (QED) is 0.777. The molecule has 21 heavy (non-hydrogen) atoms. The first-order chi connectivity index (χ1) is 10.2. The second-order valence-electron chi connectivity index (χ2n) is 6.67. The fraction of sp³-hybridized carbons (Fsp3) is 0.647. The standard InChI is InChI=1S/C17H25NO3/c19-10-17(11-21-12-17)9-18-15-5-1-13(2-6-15)14-3-7-16(20)8-4-14/h3-4,7-8,13,15,18-20H,1-2,5-6,9-12H2. The fourth-order valence-corrected chi connectivity index (χ4v) is 3.38. The highest BCUT2D eigenvalue weighted by atomic mass is 16.5. The zero-order valence-electron chi connectivity index (χ0n) is 12.4. The minimum absolute atomic E-state index is 0.0339. The van der Waals surface area contributed by atoms with Crippen LogP contribution >= 0.6 is 0 Å². The highest BCUT2D eigenvalue weighted by Crippen LogP contribution is 2.34. The molecular weight excluding hydrogens is 266 g/mol. The van der Waals surface area contributed by atoms with E-state index in [1.54, 1.807) is 12.1 Å². The Kier molecular flexibility index (Phi) is 4.48. The van der Waals surface area contributed by atoms with Crippen LogP contribution in [-0.2, 0) is 4.74 Å². The number of hydrogen-bond donors (Lipinski definition) is 3. The molecule has 0 amide bonds. The summed E-state index contributed by atoms with van der Waals surface area (Å²) < 4.78 is 5.23. The first kappa shape index (κ1) is 14.8. The minimum Gasteiger partial charge on any atom is -0.508 e. The second kappa shape index (κ2) is 6.34. The lowest BCUT2D eigenvalue weighted by atomic mass is 9.81. The van der Waals surface area contributed by atoms with Crippen LogP contribution in [-0.4, -0.2) is 42.6 Å². The third-order valence-corrected chi connectivity index (χ3v) is 5.01. The monoisotopic (exact) mass is 291 g/mol. The summed E-state index contributed by atoms with van der Waals surface area (Å²) in [7, 11) is 0. The Balaban J connectivity index is 1.45. The van der Waals surface area contributed by atoms with Gasteiger partial charge in [-0.3, -0.25) is 0 Å². The van der Waals surface area contributed by atoms with Gasteiger partial charge in [0.1, 0.15) is 5.75 Å². The number of nitrogens with one attached hydrogen (secondary N) is 1. The van der Waals surface area contributed by atoms with Crippen molar-refractivity contribution in [3.8, 4) is 5.75 Å². The van der Waals surface area contributed by atoms with Crippen LogP contribution in [0.25, 0.3) is 0 Å². The van der Waals surface area contributed by atoms with Crippen molar-refractivity contribution in [3.63, 3.8) is 0 Å². The SMILES string of the molecule is OCC1(CNC2CCC(c3ccc(O)cc3)CC2)COC1. The van der Waals surface area contributed by atoms with Gasteiger partial charge < -0.3 is 20.3 Å². The van der Waals surface area contributed by atoms with Crippen molar-refractivity contribution in [2.45, 2.75) is 37.6 Å². The lowest BCUT2D eigenvalue weighted by Crippen LogP contribution is -2.54. The Hall–Kier alpha value is -1.10. The molecule has 116 valence electrons. The summed E-state index contributed by atoms with van der Waals surface area (Å²) in [6.45, 7) is 2.43. The number of aliphatic hydroxyl groups is 1. The number of phenolic OH excluding ortho intramolecular Hbond substituents is 1. The maximum Gasteiger partial charge on any atom is 0.115 e. The molecule has 1 saturated heterocycles. The van der Waals surface area contributed by atoms with E-state index in [-0.39, 0.29) is 12.0 Å². The van der Waals surface area contributed by atoms with E-state index >= 15 is 0 Å². The third-order valence-electron chi connectivity index (χ3n) is 5.01. The molecule has 1 heterocycles. The van der Waals surface area contributed by atoms with Crippen molar-refractivity contribution >= 4 is 0 Å². The molecule has 0 atom stereocenters. The summed E-state index contributed by atoms with van der Waals surface area (Å²) in [6, 6.07) is 8.20. The van der Waals surface area contributed by atoms with E-state index in [4.69, 9.17) is 4.74 Å². The van der Waals surface area contributed by atoms with Crippen LogP contribution in [0.4, 0.5) is 0 Å². The van der Waals surface area contributed by atoms with E-state index in [9.17, 15) is 10.2 Å². The van der Waals surface area contributed by atoms with E-state index < -0.39 is 0 Å². The van der Waals surface area contributed by atoms with Crippen LogP contribution < -0.4 is 5.32 Å². The molecule has 2 aliphatic rings. The third kappa shape index (κ3) is 3.39. The van der Waals surface area contributed by atoms with E-state index in [0.717, 1.165) is 6.54 Å². The van der Waals surface area contributed by atoms with Gasteiger partial charge in [0.25, 0.3) is 0 Å². The first-order valence-corrected chi connectivity index (χ1v) is 7.92. The van der Waals surface area contributed by atoms with Gasteiger partial charge in [-0.05, 0) is 49.3 Å². The Morgan fingerprint density at radius 2 is 1.76 bits per heavy atom. The molecular formula is C17H25NO3. The van der Waals surface area contributed by atoms with Crippen LogP contribution in [0, 0.1) is 5.41 Å². The molecule has 1 aliphatic heterocycles. The van der Waals surface area contributed by atoms with Gasteiger partial charge in [-0.2, -0.15) is 0 Å². The summed E-state index contributed by atoms with van der Waals surface area (Å²) in [5, 5.41) is 22.4. The molecule has 2 fully saturated rings. The number of aliphatic hydroxyl groups excluding tert-OH is 1. The van der Waals surface area contributed by atoms with Crippen LogP contribution in [0.15, 0.2) is 24.3 Å². The highest BCUT2D eigenvalue weighted by molar-refractivity contribution is 5.28. The fourth-order valence-electron chi connectivity index (χ4n) is 3.38. The number of benzene rings is 1. The summed E-state index contributed by atoms with van der Waals surface area (Å²) in [5.41, 5.74) is 1.30. The average Bonchev–Trinajstić information content (AvgIpc) is 2.48. The van der Waals surface area contributed by atoms with Crippen LogP contribution in [0.2, 0.25) is 0 Å². The van der Waals surface area contributed by atoms with E-state index in [2.05, 4.69) is 5.32 Å². The molecule has 4 nitrogen and oxygen atoms in total. The number of ether oxygens (including phenoxy) is 1. The van der Waals surface area contributed by atoms with Gasteiger partial charge in [0, 0.05) is 12.6 Å². The molecule has 1 aliphatic carbocycles. The van der Waals surface area contributed by atoms with Gasteiger partial charge in [0.2, 0.25) is 0 Å². The largest absolute Gasteiger partial charge is 0.508 e. The lowest BCUT2D eigenvalue weighted by molar-refractivity contribution is -0.135. The average molecular weight is 291 g/mol. The maximum absolute atomic E-state index is 9.44. The lowest BCUT2D eigenvalue weighted by Gasteiger charge is -2.41. The van der Waals surface area contributed by atoms with Gasteiger partial charge >= 0.3 is 0 Å². The predicted molar refractivity (Wildman–Crippen MR) is 81.4 cm³/mol. The topological polar surface area (TPSA) is 61.7 Å². The van der Waals surface area contributed by atoms with Crippen molar-refractivity contribution < 1.29 is 14.9 Å². The summed E-state index contributed by atoms with van der Waals surface area (Å²) in [6.07, 6.45) is 4.72. The smallest absolute Gasteiger partial charge is 0.115 e.